The van der Waals surface area contributed by atoms with Crippen molar-refractivity contribution in [3.05, 3.63) is 16.7 Å². The summed E-state index contributed by atoms with van der Waals surface area (Å²) in [4.78, 5) is 29.0. The normalized spacial score (nSPS) is 16.8. The number of hydrogen-bond donors (Lipinski definition) is 1. The van der Waals surface area contributed by atoms with Crippen LogP contribution in [-0.2, 0) is 25.6 Å². The highest BCUT2D eigenvalue weighted by molar-refractivity contribution is 6.36. The monoisotopic (exact) mass is 431 g/mol. The van der Waals surface area contributed by atoms with Crippen molar-refractivity contribution in [3.63, 3.8) is 0 Å². The predicted molar refractivity (Wildman–Crippen MR) is 106 cm³/mol. The molecule has 0 spiro atoms. The Labute approximate surface area is 177 Å². The molecule has 1 amide bonds. The minimum Gasteiger partial charge on any atom is -0.492 e. The molecular formula is C20H21N3O8. The van der Waals surface area contributed by atoms with Crippen LogP contribution in [0.5, 0.6) is 23.0 Å². The van der Waals surface area contributed by atoms with Gasteiger partial charge in [0.15, 0.2) is 17.2 Å². The molecule has 3 rings (SSSR count). The molecule has 0 saturated heterocycles. The Bertz CT molecular complexity index is 1010. The first-order valence-electron chi connectivity index (χ1n) is 9.32. The number of nitriles is 1. The van der Waals surface area contributed by atoms with Gasteiger partial charge in [0.1, 0.15) is 17.7 Å². The van der Waals surface area contributed by atoms with Gasteiger partial charge >= 0.3 is 5.97 Å². The Kier molecular flexibility index (Phi) is 6.49. The molecule has 11 heteroatoms. The number of carbonyl (C=O) groups excluding carboxylic acids is 2. The molecule has 0 saturated carbocycles. The number of ether oxygens (including phenoxy) is 5. The molecule has 2 N–H and O–H groups in total. The molecule has 0 aromatic heterocycles. The maximum absolute atomic E-state index is 11.9. The van der Waals surface area contributed by atoms with Gasteiger partial charge in [0.25, 0.3) is 5.91 Å². The number of esters is 1. The van der Waals surface area contributed by atoms with E-state index in [0.29, 0.717) is 22.6 Å². The fraction of sp³-hybridized carbons (Fsp3) is 0.400. The van der Waals surface area contributed by atoms with Gasteiger partial charge in [0.2, 0.25) is 18.3 Å². The second-order valence-electron chi connectivity index (χ2n) is 6.45. The molecule has 0 bridgehead atoms. The SMILES string of the molecule is CCOC(=O)C1=NO[C@@H](Cc2c(/C=C(\C#N)C(N)=O)c(OC)c3c(c2OC)OCO3)C1. The van der Waals surface area contributed by atoms with Gasteiger partial charge in [0, 0.05) is 24.0 Å². The van der Waals surface area contributed by atoms with Crippen molar-refractivity contribution < 1.29 is 38.1 Å². The van der Waals surface area contributed by atoms with E-state index in [2.05, 4.69) is 5.16 Å². The zero-order valence-electron chi connectivity index (χ0n) is 17.2. The van der Waals surface area contributed by atoms with Gasteiger partial charge in [-0.05, 0) is 13.0 Å². The van der Waals surface area contributed by atoms with E-state index in [1.54, 1.807) is 13.0 Å². The maximum atomic E-state index is 11.9. The second kappa shape index (κ2) is 9.25. The van der Waals surface area contributed by atoms with E-state index in [0.717, 1.165) is 0 Å². The number of oxime groups is 1. The van der Waals surface area contributed by atoms with Crippen molar-refractivity contribution in [2.24, 2.45) is 10.9 Å². The molecule has 164 valence electrons. The summed E-state index contributed by atoms with van der Waals surface area (Å²) < 4.78 is 27.1. The van der Waals surface area contributed by atoms with Gasteiger partial charge in [-0.25, -0.2) is 4.79 Å². The van der Waals surface area contributed by atoms with Crippen molar-refractivity contribution in [3.8, 4) is 29.1 Å². The molecule has 0 aliphatic carbocycles. The van der Waals surface area contributed by atoms with E-state index in [9.17, 15) is 14.9 Å². The minimum atomic E-state index is -0.905. The first-order valence-corrected chi connectivity index (χ1v) is 9.32. The van der Waals surface area contributed by atoms with E-state index in [-0.39, 0.29) is 49.0 Å². The lowest BCUT2D eigenvalue weighted by atomic mass is 9.94. The summed E-state index contributed by atoms with van der Waals surface area (Å²) in [7, 11) is 2.85. The highest BCUT2D eigenvalue weighted by atomic mass is 16.7. The lowest BCUT2D eigenvalue weighted by Crippen LogP contribution is -2.20. The molecule has 1 aromatic rings. The lowest BCUT2D eigenvalue weighted by molar-refractivity contribution is -0.135. The number of nitrogens with two attached hydrogens (primary N) is 1. The third-order valence-electron chi connectivity index (χ3n) is 4.63. The summed E-state index contributed by atoms with van der Waals surface area (Å²) in [6, 6.07) is 1.77. The number of rotatable bonds is 8. The maximum Gasteiger partial charge on any atom is 0.356 e. The summed E-state index contributed by atoms with van der Waals surface area (Å²) in [5.41, 5.74) is 6.02. The molecule has 2 heterocycles. The number of nitrogens with zero attached hydrogens (tertiary/aromatic N) is 2. The Morgan fingerprint density at radius 2 is 1.94 bits per heavy atom. The Balaban J connectivity index is 2.07. The van der Waals surface area contributed by atoms with Crippen LogP contribution in [-0.4, -0.2) is 51.3 Å². The van der Waals surface area contributed by atoms with Crippen molar-refractivity contribution in [2.45, 2.75) is 25.9 Å². The first kappa shape index (κ1) is 21.8. The first-order chi connectivity index (χ1) is 14.9. The van der Waals surface area contributed by atoms with Gasteiger partial charge in [-0.1, -0.05) is 5.16 Å². The van der Waals surface area contributed by atoms with E-state index in [1.165, 1.54) is 20.3 Å². The average molecular weight is 431 g/mol. The van der Waals surface area contributed by atoms with Crippen molar-refractivity contribution in [1.29, 1.82) is 5.26 Å². The van der Waals surface area contributed by atoms with Crippen molar-refractivity contribution in [2.75, 3.05) is 27.6 Å². The zero-order valence-corrected chi connectivity index (χ0v) is 17.2. The fourth-order valence-electron chi connectivity index (χ4n) is 3.31. The molecule has 11 nitrogen and oxygen atoms in total. The average Bonchev–Trinajstić information content (AvgIpc) is 3.41. The number of benzene rings is 1. The Hall–Kier alpha value is -3.94. The molecule has 2 aliphatic heterocycles. The zero-order chi connectivity index (χ0) is 22.5. The van der Waals surface area contributed by atoms with E-state index in [1.807, 2.05) is 0 Å². The van der Waals surface area contributed by atoms with Crippen LogP contribution in [0.4, 0.5) is 0 Å². The lowest BCUT2D eigenvalue weighted by Gasteiger charge is -2.19. The Morgan fingerprint density at radius 3 is 2.52 bits per heavy atom. The van der Waals surface area contributed by atoms with Gasteiger partial charge in [-0.3, -0.25) is 4.79 Å². The molecular weight excluding hydrogens is 410 g/mol. The van der Waals surface area contributed by atoms with E-state index < -0.39 is 18.0 Å². The van der Waals surface area contributed by atoms with E-state index in [4.69, 9.17) is 34.3 Å². The minimum absolute atomic E-state index is 0.0639. The van der Waals surface area contributed by atoms with Crippen molar-refractivity contribution >= 4 is 23.7 Å². The van der Waals surface area contributed by atoms with Crippen LogP contribution in [0, 0.1) is 11.3 Å². The second-order valence-corrected chi connectivity index (χ2v) is 6.45. The molecule has 2 aliphatic rings. The molecule has 1 atom stereocenters. The largest absolute Gasteiger partial charge is 0.492 e. The van der Waals surface area contributed by atoms with Crippen LogP contribution in [0.3, 0.4) is 0 Å². The fourth-order valence-corrected chi connectivity index (χ4v) is 3.31. The quantitative estimate of drug-likeness (QED) is 0.362. The summed E-state index contributed by atoms with van der Waals surface area (Å²) >= 11 is 0. The molecule has 1 aromatic carbocycles. The van der Waals surface area contributed by atoms with Crippen molar-refractivity contribution in [1.82, 2.24) is 0 Å². The van der Waals surface area contributed by atoms with Crippen LogP contribution in [0.25, 0.3) is 6.08 Å². The third-order valence-corrected chi connectivity index (χ3v) is 4.63. The molecule has 31 heavy (non-hydrogen) atoms. The third kappa shape index (κ3) is 4.18. The van der Waals surface area contributed by atoms with Gasteiger partial charge in [-0.2, -0.15) is 5.26 Å². The summed E-state index contributed by atoms with van der Waals surface area (Å²) in [5.74, 6) is -0.324. The highest BCUT2D eigenvalue weighted by Gasteiger charge is 2.35. The highest BCUT2D eigenvalue weighted by Crippen LogP contribution is 2.53. The topological polar surface area (TPSA) is 152 Å². The standard InChI is InChI=1S/C20H21N3O8/c1-4-28-20(25)14-7-11(31-23-14)6-13-12(5-10(8-21)19(22)24)15(26-2)17-18(16(13)27-3)30-9-29-17/h5,11H,4,6-7,9H2,1-3H3,(H2,22,24)/b10-5+/t11-/m0/s1. The smallest absolute Gasteiger partial charge is 0.356 e. The molecule has 0 unspecified atom stereocenters. The van der Waals surface area contributed by atoms with Crippen LogP contribution in [0.2, 0.25) is 0 Å². The summed E-state index contributed by atoms with van der Waals surface area (Å²) in [6.07, 6.45) is 1.14. The Morgan fingerprint density at radius 1 is 1.26 bits per heavy atom. The molecule has 0 radical (unpaired) electrons. The van der Waals surface area contributed by atoms with E-state index >= 15 is 0 Å². The van der Waals surface area contributed by atoms with Crippen LogP contribution in [0.15, 0.2) is 10.7 Å². The number of carbonyl (C=O) groups is 2. The van der Waals surface area contributed by atoms with Crippen LogP contribution < -0.4 is 24.7 Å². The van der Waals surface area contributed by atoms with Gasteiger partial charge < -0.3 is 34.3 Å². The van der Waals surface area contributed by atoms with Gasteiger partial charge in [0.05, 0.1) is 20.8 Å². The number of primary amides is 1. The predicted octanol–water partition coefficient (Wildman–Crippen LogP) is 1.08. The number of amides is 1. The molecule has 0 fully saturated rings. The van der Waals surface area contributed by atoms with Crippen LogP contribution in [0.1, 0.15) is 24.5 Å². The van der Waals surface area contributed by atoms with Gasteiger partial charge in [-0.15, -0.1) is 0 Å². The van der Waals surface area contributed by atoms with Crippen LogP contribution >= 0.6 is 0 Å². The number of fused-ring (bicyclic) bond motifs is 1. The number of methoxy groups -OCH3 is 2. The number of hydrogen-bond acceptors (Lipinski definition) is 10. The summed E-state index contributed by atoms with van der Waals surface area (Å²) in [5, 5.41) is 13.1. The summed E-state index contributed by atoms with van der Waals surface area (Å²) in [6.45, 7) is 1.85.